The maximum Gasteiger partial charge on any atom is 0.241 e. The Bertz CT molecular complexity index is 1120. The highest BCUT2D eigenvalue weighted by Gasteiger charge is 2.21. The number of nitrogens with one attached hydrogen (secondary N) is 1. The van der Waals surface area contributed by atoms with Gasteiger partial charge in [0.05, 0.1) is 17.6 Å². The molecular formula is C22H26N4O3S. The molecule has 3 aromatic rings. The molecule has 0 radical (unpaired) electrons. The van der Waals surface area contributed by atoms with E-state index in [0.29, 0.717) is 5.69 Å². The molecule has 8 heteroatoms. The van der Waals surface area contributed by atoms with Crippen molar-refractivity contribution in [2.45, 2.75) is 26.8 Å². The van der Waals surface area contributed by atoms with Crippen LogP contribution in [0.25, 0.3) is 5.69 Å². The fourth-order valence-corrected chi connectivity index (χ4v) is 4.06. The van der Waals surface area contributed by atoms with Crippen molar-refractivity contribution in [3.05, 3.63) is 77.9 Å². The SMILES string of the molecule is CCc1ccc(N(CC(=O)NCc2ccccc2-n2ccnc2C)S(C)(=O)=O)cc1. The van der Waals surface area contributed by atoms with Crippen molar-refractivity contribution in [3.63, 3.8) is 0 Å². The zero-order chi connectivity index (χ0) is 21.7. The molecule has 0 aliphatic heterocycles. The van der Waals surface area contributed by atoms with Crippen LogP contribution in [0.4, 0.5) is 5.69 Å². The normalized spacial score (nSPS) is 11.3. The molecule has 0 atom stereocenters. The third-order valence-corrected chi connectivity index (χ3v) is 6.01. The Kier molecular flexibility index (Phi) is 6.56. The third kappa shape index (κ3) is 5.07. The summed E-state index contributed by atoms with van der Waals surface area (Å²) in [7, 11) is -3.60. The summed E-state index contributed by atoms with van der Waals surface area (Å²) in [5, 5.41) is 2.84. The van der Waals surface area contributed by atoms with Crippen LogP contribution in [0.3, 0.4) is 0 Å². The van der Waals surface area contributed by atoms with Gasteiger partial charge in [0.1, 0.15) is 12.4 Å². The number of amides is 1. The number of carbonyl (C=O) groups excluding carboxylic acids is 1. The van der Waals surface area contributed by atoms with Gasteiger partial charge < -0.3 is 9.88 Å². The maximum absolute atomic E-state index is 12.6. The minimum atomic E-state index is -3.60. The predicted molar refractivity (Wildman–Crippen MR) is 118 cm³/mol. The molecule has 0 saturated heterocycles. The van der Waals surface area contributed by atoms with Crippen LogP contribution >= 0.6 is 0 Å². The molecule has 0 saturated carbocycles. The molecule has 1 heterocycles. The van der Waals surface area contributed by atoms with Crippen LogP contribution < -0.4 is 9.62 Å². The Morgan fingerprint density at radius 3 is 2.43 bits per heavy atom. The molecule has 0 unspecified atom stereocenters. The van der Waals surface area contributed by atoms with Gasteiger partial charge in [-0.05, 0) is 42.7 Å². The van der Waals surface area contributed by atoms with Gasteiger partial charge in [0, 0.05) is 18.9 Å². The van der Waals surface area contributed by atoms with E-state index >= 15 is 0 Å². The molecule has 7 nitrogen and oxygen atoms in total. The van der Waals surface area contributed by atoms with Crippen molar-refractivity contribution in [1.29, 1.82) is 0 Å². The van der Waals surface area contributed by atoms with Gasteiger partial charge in [-0.2, -0.15) is 0 Å². The molecule has 3 rings (SSSR count). The van der Waals surface area contributed by atoms with Crippen LogP contribution in [0, 0.1) is 6.92 Å². The number of carbonyl (C=O) groups is 1. The summed E-state index contributed by atoms with van der Waals surface area (Å²) in [6.45, 7) is 3.93. The van der Waals surface area contributed by atoms with E-state index < -0.39 is 10.0 Å². The number of para-hydroxylation sites is 1. The van der Waals surface area contributed by atoms with Crippen molar-refractivity contribution >= 4 is 21.6 Å². The van der Waals surface area contributed by atoms with Gasteiger partial charge in [-0.25, -0.2) is 13.4 Å². The Balaban J connectivity index is 1.74. The molecule has 2 aromatic carbocycles. The number of aromatic nitrogens is 2. The molecule has 1 N–H and O–H groups in total. The van der Waals surface area contributed by atoms with E-state index in [4.69, 9.17) is 0 Å². The highest BCUT2D eigenvalue weighted by molar-refractivity contribution is 7.92. The lowest BCUT2D eigenvalue weighted by atomic mass is 10.1. The van der Waals surface area contributed by atoms with Crippen LogP contribution in [0.2, 0.25) is 0 Å². The lowest BCUT2D eigenvalue weighted by molar-refractivity contribution is -0.119. The molecule has 30 heavy (non-hydrogen) atoms. The van der Waals surface area contributed by atoms with Gasteiger partial charge in [0.15, 0.2) is 0 Å². The number of sulfonamides is 1. The van der Waals surface area contributed by atoms with Crippen molar-refractivity contribution in [3.8, 4) is 5.69 Å². The summed E-state index contributed by atoms with van der Waals surface area (Å²) in [6, 6.07) is 14.9. The lowest BCUT2D eigenvalue weighted by Gasteiger charge is -2.22. The summed E-state index contributed by atoms with van der Waals surface area (Å²) in [6.07, 6.45) is 5.54. The largest absolute Gasteiger partial charge is 0.350 e. The Hall–Kier alpha value is -3.13. The molecule has 0 fully saturated rings. The third-order valence-electron chi connectivity index (χ3n) is 4.87. The van der Waals surface area contributed by atoms with Gasteiger partial charge >= 0.3 is 0 Å². The highest BCUT2D eigenvalue weighted by Crippen LogP contribution is 2.19. The number of nitrogens with zero attached hydrogens (tertiary/aromatic N) is 3. The van der Waals surface area contributed by atoms with Crippen LogP contribution in [0.5, 0.6) is 0 Å². The standard InChI is InChI=1S/C22H26N4O3S/c1-4-18-9-11-20(12-10-18)26(30(3,28)29)16-22(27)24-15-19-7-5-6-8-21(19)25-14-13-23-17(25)2/h5-14H,4,15-16H2,1-3H3,(H,24,27). The van der Waals surface area contributed by atoms with E-state index in [1.165, 1.54) is 0 Å². The molecule has 158 valence electrons. The number of imidazole rings is 1. The number of hydrogen-bond acceptors (Lipinski definition) is 4. The zero-order valence-corrected chi connectivity index (χ0v) is 18.2. The van der Waals surface area contributed by atoms with Crippen molar-refractivity contribution in [1.82, 2.24) is 14.9 Å². The number of anilines is 1. The van der Waals surface area contributed by atoms with E-state index in [-0.39, 0.29) is 19.0 Å². The first-order valence-electron chi connectivity index (χ1n) is 9.71. The first-order valence-corrected chi connectivity index (χ1v) is 11.6. The maximum atomic E-state index is 12.6. The molecule has 0 aliphatic rings. The van der Waals surface area contributed by atoms with Gasteiger partial charge in [-0.3, -0.25) is 9.10 Å². The van der Waals surface area contributed by atoms with Crippen molar-refractivity contribution in [2.24, 2.45) is 0 Å². The quantitative estimate of drug-likeness (QED) is 0.600. The highest BCUT2D eigenvalue weighted by atomic mass is 32.2. The van der Waals surface area contributed by atoms with Crippen molar-refractivity contribution < 1.29 is 13.2 Å². The van der Waals surface area contributed by atoms with Gasteiger partial charge in [0.2, 0.25) is 15.9 Å². The Morgan fingerprint density at radius 2 is 1.83 bits per heavy atom. The summed E-state index contributed by atoms with van der Waals surface area (Å²) < 4.78 is 27.6. The van der Waals surface area contributed by atoms with Crippen LogP contribution in [0.1, 0.15) is 23.9 Å². The minimum absolute atomic E-state index is 0.277. The fraction of sp³-hybridized carbons (Fsp3) is 0.273. The average molecular weight is 427 g/mol. The summed E-state index contributed by atoms with van der Waals surface area (Å²) >= 11 is 0. The zero-order valence-electron chi connectivity index (χ0n) is 17.4. The van der Waals surface area contributed by atoms with Crippen LogP contribution in [-0.2, 0) is 27.8 Å². The first kappa shape index (κ1) is 21.6. The molecule has 1 amide bonds. The summed E-state index contributed by atoms with van der Waals surface area (Å²) in [4.78, 5) is 16.8. The Labute approximate surface area is 177 Å². The molecular weight excluding hydrogens is 400 g/mol. The second-order valence-corrected chi connectivity index (χ2v) is 8.95. The van der Waals surface area contributed by atoms with Crippen LogP contribution in [-0.4, -0.2) is 36.7 Å². The minimum Gasteiger partial charge on any atom is -0.350 e. The second kappa shape index (κ2) is 9.13. The Morgan fingerprint density at radius 1 is 1.13 bits per heavy atom. The van der Waals surface area contributed by atoms with E-state index in [1.807, 2.05) is 61.0 Å². The van der Waals surface area contributed by atoms with Crippen molar-refractivity contribution in [2.75, 3.05) is 17.1 Å². The van der Waals surface area contributed by atoms with Gasteiger partial charge in [-0.1, -0.05) is 37.3 Å². The first-order chi connectivity index (χ1) is 14.3. The summed E-state index contributed by atoms with van der Waals surface area (Å²) in [5.74, 6) is 0.463. The van der Waals surface area contributed by atoms with Crippen LogP contribution in [0.15, 0.2) is 60.9 Å². The monoisotopic (exact) mass is 426 g/mol. The number of aryl methyl sites for hydroxylation is 2. The van der Waals surface area contributed by atoms with Gasteiger partial charge in [0.25, 0.3) is 0 Å². The van der Waals surface area contributed by atoms with Gasteiger partial charge in [-0.15, -0.1) is 0 Å². The van der Waals surface area contributed by atoms with E-state index in [9.17, 15) is 13.2 Å². The topological polar surface area (TPSA) is 84.3 Å². The molecule has 0 aliphatic carbocycles. The average Bonchev–Trinajstić information content (AvgIpc) is 3.15. The number of hydrogen-bond donors (Lipinski definition) is 1. The van der Waals surface area contributed by atoms with E-state index in [2.05, 4.69) is 10.3 Å². The lowest BCUT2D eigenvalue weighted by Crippen LogP contribution is -2.40. The smallest absolute Gasteiger partial charge is 0.241 e. The number of benzene rings is 2. The fourth-order valence-electron chi connectivity index (χ4n) is 3.21. The second-order valence-electron chi connectivity index (χ2n) is 7.04. The molecule has 0 spiro atoms. The predicted octanol–water partition coefficient (Wildman–Crippen LogP) is 2.83. The van der Waals surface area contributed by atoms with E-state index in [0.717, 1.165) is 39.6 Å². The summed E-state index contributed by atoms with van der Waals surface area (Å²) in [5.41, 5.74) is 3.40. The molecule has 1 aromatic heterocycles. The molecule has 0 bridgehead atoms. The van der Waals surface area contributed by atoms with E-state index in [1.54, 1.807) is 18.3 Å². The number of rotatable bonds is 8.